The first-order valence-electron chi connectivity index (χ1n) is 8.87. The first-order chi connectivity index (χ1) is 14.0. The van der Waals surface area contributed by atoms with Crippen LogP contribution in [0.5, 0.6) is 0 Å². The second-order valence-corrected chi connectivity index (χ2v) is 6.54. The second-order valence-electron chi connectivity index (χ2n) is 6.54. The van der Waals surface area contributed by atoms with Crippen LogP contribution in [0.25, 0.3) is 11.0 Å². The highest BCUT2D eigenvalue weighted by molar-refractivity contribution is 6.10. The molecule has 1 aromatic heterocycles. The zero-order valence-electron chi connectivity index (χ0n) is 15.2. The van der Waals surface area contributed by atoms with Gasteiger partial charge >= 0.3 is 0 Å². The monoisotopic (exact) mass is 385 g/mol. The molecule has 0 saturated heterocycles. The van der Waals surface area contributed by atoms with Gasteiger partial charge in [-0.05, 0) is 23.8 Å². The van der Waals surface area contributed by atoms with Crippen LogP contribution in [0.15, 0.2) is 77.6 Å². The Morgan fingerprint density at radius 3 is 2.52 bits per heavy atom. The number of non-ortho nitro benzene ring substituents is 1. The highest BCUT2D eigenvalue weighted by Gasteiger charge is 2.13. The zero-order chi connectivity index (χ0) is 20.4. The molecule has 3 aromatic carbocycles. The molecule has 4 aromatic rings. The first-order valence-corrected chi connectivity index (χ1v) is 8.87. The highest BCUT2D eigenvalue weighted by Crippen LogP contribution is 2.17. The van der Waals surface area contributed by atoms with Crippen LogP contribution < -0.4 is 5.56 Å². The number of nitro benzene ring substituents is 1. The maximum absolute atomic E-state index is 12.6. The van der Waals surface area contributed by atoms with Crippen LogP contribution >= 0.6 is 0 Å². The molecule has 0 bridgehead atoms. The summed E-state index contributed by atoms with van der Waals surface area (Å²) >= 11 is 0. The molecule has 4 rings (SSSR count). The molecule has 29 heavy (non-hydrogen) atoms. The molecule has 0 fully saturated rings. The molecule has 1 heterocycles. The minimum atomic E-state index is -0.479. The van der Waals surface area contributed by atoms with E-state index in [1.807, 2.05) is 6.07 Å². The lowest BCUT2D eigenvalue weighted by atomic mass is 10.0. The Morgan fingerprint density at radius 2 is 1.76 bits per heavy atom. The van der Waals surface area contributed by atoms with Gasteiger partial charge in [0.15, 0.2) is 5.78 Å². The Kier molecular flexibility index (Phi) is 4.70. The molecular weight excluding hydrogens is 370 g/mol. The fraction of sp³-hybridized carbons (Fsp3) is 0.0455. The standard InChI is InChI=1S/C22H15N3O4/c26-21(15-6-2-1-3-7-15)16-9-10-18-19(13-16)24-22(27)20(23-18)12-14-5-4-8-17(11-14)25(28)29/h1-11,13H,12H2,(H,24,27). The van der Waals surface area contributed by atoms with Crippen molar-refractivity contribution in [2.24, 2.45) is 0 Å². The summed E-state index contributed by atoms with van der Waals surface area (Å²) in [4.78, 5) is 42.7. The van der Waals surface area contributed by atoms with E-state index in [1.165, 1.54) is 12.1 Å². The van der Waals surface area contributed by atoms with Crippen LogP contribution in [0.1, 0.15) is 27.2 Å². The molecule has 0 aliphatic rings. The van der Waals surface area contributed by atoms with Crippen molar-refractivity contribution >= 4 is 22.5 Å². The molecule has 0 amide bonds. The fourth-order valence-electron chi connectivity index (χ4n) is 3.11. The van der Waals surface area contributed by atoms with Crippen molar-refractivity contribution in [3.05, 3.63) is 116 Å². The summed E-state index contributed by atoms with van der Waals surface area (Å²) in [5.74, 6) is -0.144. The molecule has 0 saturated carbocycles. The van der Waals surface area contributed by atoms with Crippen LogP contribution in [-0.2, 0) is 6.42 Å². The Morgan fingerprint density at radius 1 is 0.966 bits per heavy atom. The SMILES string of the molecule is O=C(c1ccccc1)c1ccc2nc(Cc3cccc([N+](=O)[O-])c3)c(=O)[nH]c2c1. The average molecular weight is 385 g/mol. The molecule has 0 aliphatic heterocycles. The number of aromatic nitrogens is 2. The van der Waals surface area contributed by atoms with Crippen molar-refractivity contribution in [2.45, 2.75) is 6.42 Å². The third-order valence-electron chi connectivity index (χ3n) is 4.55. The molecule has 142 valence electrons. The maximum atomic E-state index is 12.6. The zero-order valence-corrected chi connectivity index (χ0v) is 15.2. The van der Waals surface area contributed by atoms with E-state index in [1.54, 1.807) is 54.6 Å². The van der Waals surface area contributed by atoms with Gasteiger partial charge in [-0.3, -0.25) is 19.7 Å². The van der Waals surface area contributed by atoms with E-state index in [-0.39, 0.29) is 23.6 Å². The molecule has 0 spiro atoms. The van der Waals surface area contributed by atoms with Crippen molar-refractivity contribution in [1.29, 1.82) is 0 Å². The van der Waals surface area contributed by atoms with Gasteiger partial charge in [-0.2, -0.15) is 0 Å². The van der Waals surface area contributed by atoms with E-state index in [2.05, 4.69) is 9.97 Å². The van der Waals surface area contributed by atoms with E-state index in [0.717, 1.165) is 0 Å². The molecule has 1 N–H and O–H groups in total. The number of carbonyl (C=O) groups excluding carboxylic acids is 1. The minimum absolute atomic E-state index is 0.0382. The second kappa shape index (κ2) is 7.47. The number of nitrogens with zero attached hydrogens (tertiary/aromatic N) is 2. The predicted molar refractivity (Wildman–Crippen MR) is 108 cm³/mol. The number of nitro groups is 1. The van der Waals surface area contributed by atoms with E-state index >= 15 is 0 Å². The highest BCUT2D eigenvalue weighted by atomic mass is 16.6. The first kappa shape index (κ1) is 18.2. The van der Waals surface area contributed by atoms with Gasteiger partial charge in [0.2, 0.25) is 0 Å². The summed E-state index contributed by atoms with van der Waals surface area (Å²) in [6, 6.07) is 19.9. The molecule has 0 atom stereocenters. The third kappa shape index (κ3) is 3.79. The normalized spacial score (nSPS) is 10.8. The lowest BCUT2D eigenvalue weighted by Crippen LogP contribution is -2.16. The molecule has 0 radical (unpaired) electrons. The largest absolute Gasteiger partial charge is 0.319 e. The van der Waals surface area contributed by atoms with Gasteiger partial charge < -0.3 is 4.98 Å². The lowest BCUT2D eigenvalue weighted by molar-refractivity contribution is -0.384. The van der Waals surface area contributed by atoms with Crippen LogP contribution in [-0.4, -0.2) is 20.7 Å². The van der Waals surface area contributed by atoms with Crippen molar-refractivity contribution in [3.63, 3.8) is 0 Å². The van der Waals surface area contributed by atoms with Crippen LogP contribution in [0.4, 0.5) is 5.69 Å². The topological polar surface area (TPSA) is 106 Å². The molecule has 7 heteroatoms. The van der Waals surface area contributed by atoms with E-state index in [0.29, 0.717) is 27.7 Å². The smallest absolute Gasteiger partial charge is 0.270 e. The van der Waals surface area contributed by atoms with Gasteiger partial charge in [0.1, 0.15) is 5.69 Å². The molecule has 7 nitrogen and oxygen atoms in total. The van der Waals surface area contributed by atoms with Crippen LogP contribution in [0, 0.1) is 10.1 Å². The number of rotatable bonds is 5. The number of aromatic amines is 1. The van der Waals surface area contributed by atoms with Crippen LogP contribution in [0.2, 0.25) is 0 Å². The number of ketones is 1. The molecular formula is C22H15N3O4. The number of hydrogen-bond donors (Lipinski definition) is 1. The van der Waals surface area contributed by atoms with Crippen molar-refractivity contribution < 1.29 is 9.72 Å². The summed E-state index contributed by atoms with van der Waals surface area (Å²) in [5, 5.41) is 10.9. The van der Waals surface area contributed by atoms with Crippen molar-refractivity contribution in [3.8, 4) is 0 Å². The summed E-state index contributed by atoms with van der Waals surface area (Å²) in [7, 11) is 0. The number of H-pyrrole nitrogens is 1. The Hall–Kier alpha value is -4.13. The van der Waals surface area contributed by atoms with E-state index < -0.39 is 10.5 Å². The van der Waals surface area contributed by atoms with Gasteiger partial charge in [0.25, 0.3) is 11.2 Å². The van der Waals surface area contributed by atoms with Gasteiger partial charge in [-0.1, -0.05) is 42.5 Å². The predicted octanol–water partition coefficient (Wildman–Crippen LogP) is 3.65. The minimum Gasteiger partial charge on any atom is -0.319 e. The van der Waals surface area contributed by atoms with E-state index in [9.17, 15) is 19.7 Å². The van der Waals surface area contributed by atoms with Crippen LogP contribution in [0.3, 0.4) is 0 Å². The number of carbonyl (C=O) groups is 1. The van der Waals surface area contributed by atoms with E-state index in [4.69, 9.17) is 0 Å². The summed E-state index contributed by atoms with van der Waals surface area (Å²) in [6.07, 6.45) is 0.164. The fourth-order valence-corrected chi connectivity index (χ4v) is 3.11. The number of hydrogen-bond acceptors (Lipinski definition) is 5. The number of fused-ring (bicyclic) bond motifs is 1. The molecule has 0 unspecified atom stereocenters. The third-order valence-corrected chi connectivity index (χ3v) is 4.55. The van der Waals surface area contributed by atoms with Gasteiger partial charge in [0, 0.05) is 29.7 Å². The Bertz CT molecular complexity index is 1300. The summed E-state index contributed by atoms with van der Waals surface area (Å²) in [5.41, 5.74) is 2.44. The quantitative estimate of drug-likeness (QED) is 0.321. The summed E-state index contributed by atoms with van der Waals surface area (Å²) in [6.45, 7) is 0. The number of nitrogens with one attached hydrogen (secondary N) is 1. The van der Waals surface area contributed by atoms with Crippen molar-refractivity contribution in [2.75, 3.05) is 0 Å². The van der Waals surface area contributed by atoms with Gasteiger partial charge in [-0.25, -0.2) is 4.98 Å². The number of benzene rings is 3. The summed E-state index contributed by atoms with van der Waals surface area (Å²) < 4.78 is 0. The Balaban J connectivity index is 1.68. The van der Waals surface area contributed by atoms with Crippen molar-refractivity contribution in [1.82, 2.24) is 9.97 Å². The van der Waals surface area contributed by atoms with Gasteiger partial charge in [-0.15, -0.1) is 0 Å². The average Bonchev–Trinajstić information content (AvgIpc) is 2.74. The maximum Gasteiger partial charge on any atom is 0.270 e. The lowest BCUT2D eigenvalue weighted by Gasteiger charge is -2.06. The Labute approximate surface area is 164 Å². The molecule has 0 aliphatic carbocycles. The van der Waals surface area contributed by atoms with Gasteiger partial charge in [0.05, 0.1) is 16.0 Å².